The summed E-state index contributed by atoms with van der Waals surface area (Å²) in [5.41, 5.74) is 6.34. The number of nitrogens with zero attached hydrogens (tertiary/aromatic N) is 3. The molecule has 2 N–H and O–H groups in total. The summed E-state index contributed by atoms with van der Waals surface area (Å²) < 4.78 is 27.2. The van der Waals surface area contributed by atoms with Crippen molar-refractivity contribution in [1.29, 1.82) is 0 Å². The summed E-state index contributed by atoms with van der Waals surface area (Å²) in [4.78, 5) is 0. The number of hydrogen-bond acceptors (Lipinski definition) is 3. The number of hydrogen-bond donors (Lipinski definition) is 1. The molecule has 0 unspecified atom stereocenters. The summed E-state index contributed by atoms with van der Waals surface area (Å²) in [5.74, 6) is -1.77. The molecule has 1 aromatic carbocycles. The van der Waals surface area contributed by atoms with Crippen LogP contribution in [0, 0.1) is 11.6 Å². The molecule has 0 amide bonds. The molecule has 0 aliphatic carbocycles. The maximum atomic E-state index is 13.0. The largest absolute Gasteiger partial charge is 0.329 e. The lowest BCUT2D eigenvalue weighted by molar-refractivity contribution is 0.509. The van der Waals surface area contributed by atoms with Gasteiger partial charge in [-0.2, -0.15) is 0 Å². The molecule has 0 atom stereocenters. The molecule has 0 spiro atoms. The maximum absolute atomic E-state index is 13.0. The molecule has 4 nitrogen and oxygen atoms in total. The van der Waals surface area contributed by atoms with Crippen molar-refractivity contribution in [3.63, 3.8) is 0 Å². The zero-order valence-corrected chi connectivity index (χ0v) is 8.40. The molecule has 1 aromatic heterocycles. The van der Waals surface area contributed by atoms with Gasteiger partial charge in [0.25, 0.3) is 0 Å². The molecule has 2 aromatic rings. The van der Waals surface area contributed by atoms with Gasteiger partial charge < -0.3 is 5.73 Å². The second-order valence-corrected chi connectivity index (χ2v) is 3.28. The maximum Gasteiger partial charge on any atom is 0.159 e. The van der Waals surface area contributed by atoms with E-state index in [0.29, 0.717) is 24.3 Å². The highest BCUT2D eigenvalue weighted by atomic mass is 19.2. The molecule has 0 aliphatic heterocycles. The minimum absolute atomic E-state index is 0.445. The summed E-state index contributed by atoms with van der Waals surface area (Å²) >= 11 is 0. The van der Waals surface area contributed by atoms with Crippen LogP contribution in [0.3, 0.4) is 0 Å². The van der Waals surface area contributed by atoms with Gasteiger partial charge >= 0.3 is 0 Å². The van der Waals surface area contributed by atoms with Crippen LogP contribution in [0.2, 0.25) is 0 Å². The van der Waals surface area contributed by atoms with E-state index >= 15 is 0 Å². The van der Waals surface area contributed by atoms with E-state index in [4.69, 9.17) is 5.73 Å². The van der Waals surface area contributed by atoms with Crippen molar-refractivity contribution >= 4 is 0 Å². The minimum atomic E-state index is -0.897. The SMILES string of the molecule is NCCn1cc(-c2ccc(F)c(F)c2)nn1. The predicted octanol–water partition coefficient (Wildman–Crippen LogP) is 1.18. The number of rotatable bonds is 3. The summed E-state index contributed by atoms with van der Waals surface area (Å²) in [6, 6.07) is 3.61. The first-order valence-corrected chi connectivity index (χ1v) is 4.76. The summed E-state index contributed by atoms with van der Waals surface area (Å²) in [5, 5.41) is 7.65. The summed E-state index contributed by atoms with van der Waals surface area (Å²) in [6.45, 7) is 0.983. The zero-order chi connectivity index (χ0) is 11.5. The first kappa shape index (κ1) is 10.7. The number of benzene rings is 1. The Morgan fingerprint density at radius 2 is 2.06 bits per heavy atom. The normalized spacial score (nSPS) is 10.7. The van der Waals surface area contributed by atoms with Crippen molar-refractivity contribution < 1.29 is 8.78 Å². The average molecular weight is 224 g/mol. The number of halogens is 2. The first-order chi connectivity index (χ1) is 7.70. The third-order valence-electron chi connectivity index (χ3n) is 2.11. The Kier molecular flexibility index (Phi) is 2.91. The second-order valence-electron chi connectivity index (χ2n) is 3.28. The van der Waals surface area contributed by atoms with E-state index < -0.39 is 11.6 Å². The molecule has 0 aliphatic rings. The van der Waals surface area contributed by atoms with Gasteiger partial charge in [0.15, 0.2) is 11.6 Å². The molecular weight excluding hydrogens is 214 g/mol. The van der Waals surface area contributed by atoms with E-state index in [1.165, 1.54) is 6.07 Å². The van der Waals surface area contributed by atoms with Crippen molar-refractivity contribution in [1.82, 2.24) is 15.0 Å². The smallest absolute Gasteiger partial charge is 0.159 e. The van der Waals surface area contributed by atoms with E-state index in [9.17, 15) is 8.78 Å². The number of aromatic nitrogens is 3. The van der Waals surface area contributed by atoms with Gasteiger partial charge in [-0.05, 0) is 18.2 Å². The van der Waals surface area contributed by atoms with Crippen LogP contribution >= 0.6 is 0 Å². The van der Waals surface area contributed by atoms with Crippen molar-refractivity contribution in [2.75, 3.05) is 6.54 Å². The Morgan fingerprint density at radius 1 is 1.25 bits per heavy atom. The van der Waals surface area contributed by atoms with Crippen LogP contribution in [-0.4, -0.2) is 21.5 Å². The van der Waals surface area contributed by atoms with Crippen LogP contribution in [0.1, 0.15) is 0 Å². The molecule has 0 fully saturated rings. The Balaban J connectivity index is 2.31. The lowest BCUT2D eigenvalue weighted by atomic mass is 10.1. The van der Waals surface area contributed by atoms with E-state index in [2.05, 4.69) is 10.3 Å². The third-order valence-corrected chi connectivity index (χ3v) is 2.11. The number of nitrogens with two attached hydrogens (primary N) is 1. The fourth-order valence-corrected chi connectivity index (χ4v) is 1.33. The van der Waals surface area contributed by atoms with Crippen LogP contribution in [0.15, 0.2) is 24.4 Å². The fourth-order valence-electron chi connectivity index (χ4n) is 1.33. The van der Waals surface area contributed by atoms with E-state index in [-0.39, 0.29) is 0 Å². The molecule has 1 heterocycles. The average Bonchev–Trinajstić information content (AvgIpc) is 2.71. The third kappa shape index (κ3) is 2.06. The van der Waals surface area contributed by atoms with Crippen LogP contribution in [0.5, 0.6) is 0 Å². The first-order valence-electron chi connectivity index (χ1n) is 4.76. The van der Waals surface area contributed by atoms with Gasteiger partial charge in [0.1, 0.15) is 5.69 Å². The van der Waals surface area contributed by atoms with Gasteiger partial charge in [0.05, 0.1) is 12.7 Å². The Morgan fingerprint density at radius 3 is 2.75 bits per heavy atom. The second kappa shape index (κ2) is 4.36. The van der Waals surface area contributed by atoms with E-state index in [1.54, 1.807) is 10.9 Å². The fraction of sp³-hybridized carbons (Fsp3) is 0.200. The van der Waals surface area contributed by atoms with Crippen molar-refractivity contribution in [3.8, 4) is 11.3 Å². The van der Waals surface area contributed by atoms with Crippen molar-refractivity contribution in [2.24, 2.45) is 5.73 Å². The molecule has 16 heavy (non-hydrogen) atoms. The van der Waals surface area contributed by atoms with Gasteiger partial charge in [0, 0.05) is 12.1 Å². The zero-order valence-electron chi connectivity index (χ0n) is 8.40. The lowest BCUT2D eigenvalue weighted by Crippen LogP contribution is -2.10. The monoisotopic (exact) mass is 224 g/mol. The minimum Gasteiger partial charge on any atom is -0.329 e. The molecule has 6 heteroatoms. The molecule has 0 saturated carbocycles. The van der Waals surface area contributed by atoms with Gasteiger partial charge in [0.2, 0.25) is 0 Å². The molecule has 2 rings (SSSR count). The van der Waals surface area contributed by atoms with Crippen LogP contribution in [-0.2, 0) is 6.54 Å². The highest BCUT2D eigenvalue weighted by Gasteiger charge is 2.07. The van der Waals surface area contributed by atoms with Gasteiger partial charge in [-0.3, -0.25) is 4.68 Å². The topological polar surface area (TPSA) is 56.7 Å². The standard InChI is InChI=1S/C10H10F2N4/c11-8-2-1-7(5-9(8)12)10-6-16(4-3-13)15-14-10/h1-2,5-6H,3-4,13H2. The van der Waals surface area contributed by atoms with Crippen LogP contribution in [0.25, 0.3) is 11.3 Å². The summed E-state index contributed by atoms with van der Waals surface area (Å²) in [6.07, 6.45) is 1.64. The van der Waals surface area contributed by atoms with Gasteiger partial charge in [-0.25, -0.2) is 8.78 Å². The van der Waals surface area contributed by atoms with Gasteiger partial charge in [-0.15, -0.1) is 5.10 Å². The van der Waals surface area contributed by atoms with Crippen LogP contribution in [0.4, 0.5) is 8.78 Å². The highest BCUT2D eigenvalue weighted by Crippen LogP contribution is 2.18. The molecule has 0 radical (unpaired) electrons. The summed E-state index contributed by atoms with van der Waals surface area (Å²) in [7, 11) is 0. The van der Waals surface area contributed by atoms with Gasteiger partial charge in [-0.1, -0.05) is 5.21 Å². The molecule has 84 valence electrons. The predicted molar refractivity (Wildman–Crippen MR) is 54.4 cm³/mol. The Labute approximate surface area is 90.7 Å². The Hall–Kier alpha value is -1.82. The highest BCUT2D eigenvalue weighted by molar-refractivity contribution is 5.57. The van der Waals surface area contributed by atoms with Crippen LogP contribution < -0.4 is 5.73 Å². The molecule has 0 bridgehead atoms. The van der Waals surface area contributed by atoms with Crippen molar-refractivity contribution in [2.45, 2.75) is 6.54 Å². The van der Waals surface area contributed by atoms with Crippen molar-refractivity contribution in [3.05, 3.63) is 36.0 Å². The van der Waals surface area contributed by atoms with E-state index in [1.807, 2.05) is 0 Å². The molecule has 0 saturated heterocycles. The molecular formula is C10H10F2N4. The lowest BCUT2D eigenvalue weighted by Gasteiger charge is -1.97. The quantitative estimate of drug-likeness (QED) is 0.851. The van der Waals surface area contributed by atoms with E-state index in [0.717, 1.165) is 12.1 Å². The Bertz CT molecular complexity index is 495.